The predicted octanol–water partition coefficient (Wildman–Crippen LogP) is 1.05. The normalized spacial score (nSPS) is 31.4. The molecule has 1 amide bonds. The Balaban J connectivity index is 2.45. The van der Waals surface area contributed by atoms with Crippen LogP contribution in [0.4, 0.5) is 0 Å². The lowest BCUT2D eigenvalue weighted by atomic mass is 9.84. The zero-order valence-corrected chi connectivity index (χ0v) is 10.6. The Kier molecular flexibility index (Phi) is 4.74. The van der Waals surface area contributed by atoms with Crippen LogP contribution in [-0.2, 0) is 9.53 Å². The van der Waals surface area contributed by atoms with Gasteiger partial charge in [-0.2, -0.15) is 0 Å². The van der Waals surface area contributed by atoms with Crippen LogP contribution in [0, 0.1) is 5.41 Å². The maximum Gasteiger partial charge on any atom is 0.227 e. The smallest absolute Gasteiger partial charge is 0.227 e. The molecule has 0 aromatic heterocycles. The van der Waals surface area contributed by atoms with Crippen LogP contribution in [0.25, 0.3) is 0 Å². The molecule has 1 fully saturated rings. The Morgan fingerprint density at radius 3 is 2.88 bits per heavy atom. The molecule has 0 saturated heterocycles. The summed E-state index contributed by atoms with van der Waals surface area (Å²) in [5, 5.41) is 3.03. The number of nitrogens with one attached hydrogen (secondary N) is 1. The van der Waals surface area contributed by atoms with Gasteiger partial charge >= 0.3 is 0 Å². The van der Waals surface area contributed by atoms with E-state index >= 15 is 0 Å². The van der Waals surface area contributed by atoms with Crippen molar-refractivity contribution in [1.29, 1.82) is 0 Å². The summed E-state index contributed by atoms with van der Waals surface area (Å²) in [7, 11) is 1.67. The van der Waals surface area contributed by atoms with Gasteiger partial charge in [0, 0.05) is 25.8 Å². The van der Waals surface area contributed by atoms with Gasteiger partial charge in [0.25, 0.3) is 0 Å². The van der Waals surface area contributed by atoms with Gasteiger partial charge in [0.2, 0.25) is 5.91 Å². The molecule has 0 aliphatic heterocycles. The highest BCUT2D eigenvalue weighted by atomic mass is 16.5. The molecule has 4 nitrogen and oxygen atoms in total. The third-order valence-corrected chi connectivity index (χ3v) is 3.68. The van der Waals surface area contributed by atoms with Crippen LogP contribution in [0.2, 0.25) is 0 Å². The van der Waals surface area contributed by atoms with E-state index in [1.807, 2.05) is 13.8 Å². The largest absolute Gasteiger partial charge is 0.385 e. The molecule has 3 N–H and O–H groups in total. The number of hydrogen-bond donors (Lipinski definition) is 2. The van der Waals surface area contributed by atoms with E-state index in [1.165, 1.54) is 0 Å². The van der Waals surface area contributed by atoms with Gasteiger partial charge in [0.05, 0.1) is 5.41 Å². The first-order valence-corrected chi connectivity index (χ1v) is 6.06. The van der Waals surface area contributed by atoms with Crippen LogP contribution in [0.15, 0.2) is 0 Å². The minimum atomic E-state index is -0.374. The Bertz CT molecular complexity index is 245. The molecule has 3 atom stereocenters. The number of rotatable bonds is 5. The van der Waals surface area contributed by atoms with E-state index in [1.54, 1.807) is 7.11 Å². The number of hydrogen-bond acceptors (Lipinski definition) is 3. The lowest BCUT2D eigenvalue weighted by Crippen LogP contribution is -2.49. The van der Waals surface area contributed by atoms with Crippen molar-refractivity contribution >= 4 is 5.91 Å². The summed E-state index contributed by atoms with van der Waals surface area (Å²) in [6.07, 6.45) is 3.75. The SMILES string of the molecule is COCCC(C)NC(=O)C1(C)CCCC1N. The van der Waals surface area contributed by atoms with Crippen LogP contribution in [0.3, 0.4) is 0 Å². The van der Waals surface area contributed by atoms with Crippen LogP contribution >= 0.6 is 0 Å². The van der Waals surface area contributed by atoms with Gasteiger partial charge in [-0.25, -0.2) is 0 Å². The molecule has 0 aromatic rings. The average Bonchev–Trinajstić information content (AvgIpc) is 2.57. The second-order valence-corrected chi connectivity index (χ2v) is 5.07. The van der Waals surface area contributed by atoms with Crippen LogP contribution in [0.1, 0.15) is 39.5 Å². The van der Waals surface area contributed by atoms with Crippen molar-refractivity contribution in [3.63, 3.8) is 0 Å². The van der Waals surface area contributed by atoms with E-state index in [-0.39, 0.29) is 23.4 Å². The van der Waals surface area contributed by atoms with Gasteiger partial charge in [-0.15, -0.1) is 0 Å². The van der Waals surface area contributed by atoms with Gasteiger partial charge in [0.15, 0.2) is 0 Å². The van der Waals surface area contributed by atoms with Gasteiger partial charge in [-0.3, -0.25) is 4.79 Å². The van der Waals surface area contributed by atoms with Crippen molar-refractivity contribution in [2.45, 2.75) is 51.6 Å². The molecule has 1 aliphatic carbocycles. The minimum Gasteiger partial charge on any atom is -0.385 e. The quantitative estimate of drug-likeness (QED) is 0.739. The van der Waals surface area contributed by atoms with Crippen LogP contribution < -0.4 is 11.1 Å². The lowest BCUT2D eigenvalue weighted by molar-refractivity contribution is -0.131. The number of amides is 1. The molecule has 0 radical (unpaired) electrons. The maximum absolute atomic E-state index is 12.1. The molecule has 1 saturated carbocycles. The molecule has 0 bridgehead atoms. The van der Waals surface area contributed by atoms with Crippen molar-refractivity contribution < 1.29 is 9.53 Å². The molecule has 94 valence electrons. The van der Waals surface area contributed by atoms with Crippen molar-refractivity contribution in [1.82, 2.24) is 5.32 Å². The fraction of sp³-hybridized carbons (Fsp3) is 0.917. The predicted molar refractivity (Wildman–Crippen MR) is 64.0 cm³/mol. The van der Waals surface area contributed by atoms with Crippen molar-refractivity contribution in [2.24, 2.45) is 11.1 Å². The second-order valence-electron chi connectivity index (χ2n) is 5.07. The number of methoxy groups -OCH3 is 1. The maximum atomic E-state index is 12.1. The fourth-order valence-corrected chi connectivity index (χ4v) is 2.23. The summed E-state index contributed by atoms with van der Waals surface area (Å²) in [6.45, 7) is 4.65. The standard InChI is InChI=1S/C12H24N2O2/c1-9(6-8-16-3)14-11(15)12(2)7-4-5-10(12)13/h9-10H,4-8,13H2,1-3H3,(H,14,15). The van der Waals surface area contributed by atoms with E-state index in [2.05, 4.69) is 5.32 Å². The molecule has 4 heteroatoms. The number of carbonyl (C=O) groups is 1. The Morgan fingerprint density at radius 1 is 1.69 bits per heavy atom. The van der Waals surface area contributed by atoms with E-state index in [4.69, 9.17) is 10.5 Å². The monoisotopic (exact) mass is 228 g/mol. The molecular weight excluding hydrogens is 204 g/mol. The summed E-state index contributed by atoms with van der Waals surface area (Å²) in [5.41, 5.74) is 5.63. The van der Waals surface area contributed by atoms with Crippen molar-refractivity contribution in [2.75, 3.05) is 13.7 Å². The lowest BCUT2D eigenvalue weighted by Gasteiger charge is -2.29. The van der Waals surface area contributed by atoms with E-state index in [0.717, 1.165) is 25.7 Å². The first-order chi connectivity index (χ1) is 7.50. The van der Waals surface area contributed by atoms with Gasteiger partial charge in [-0.1, -0.05) is 6.42 Å². The summed E-state index contributed by atoms with van der Waals surface area (Å²) in [4.78, 5) is 12.1. The van der Waals surface area contributed by atoms with Gasteiger partial charge < -0.3 is 15.8 Å². The summed E-state index contributed by atoms with van der Waals surface area (Å²) < 4.78 is 4.99. The highest BCUT2D eigenvalue weighted by Crippen LogP contribution is 2.36. The molecule has 1 aliphatic rings. The zero-order chi connectivity index (χ0) is 12.2. The van der Waals surface area contributed by atoms with Crippen LogP contribution in [-0.4, -0.2) is 31.7 Å². The summed E-state index contributed by atoms with van der Waals surface area (Å²) in [5.74, 6) is 0.0982. The minimum absolute atomic E-state index is 0.00197. The Labute approximate surface area is 97.9 Å². The topological polar surface area (TPSA) is 64.3 Å². The first kappa shape index (κ1) is 13.5. The Hall–Kier alpha value is -0.610. The van der Waals surface area contributed by atoms with E-state index in [0.29, 0.717) is 6.61 Å². The van der Waals surface area contributed by atoms with Crippen molar-refractivity contribution in [3.8, 4) is 0 Å². The molecule has 0 aromatic carbocycles. The van der Waals surface area contributed by atoms with Gasteiger partial charge in [-0.05, 0) is 33.1 Å². The Morgan fingerprint density at radius 2 is 2.38 bits per heavy atom. The van der Waals surface area contributed by atoms with Crippen molar-refractivity contribution in [3.05, 3.63) is 0 Å². The molecular formula is C12H24N2O2. The summed E-state index contributed by atoms with van der Waals surface area (Å²) >= 11 is 0. The fourth-order valence-electron chi connectivity index (χ4n) is 2.23. The molecule has 0 heterocycles. The number of carbonyl (C=O) groups excluding carboxylic acids is 1. The molecule has 16 heavy (non-hydrogen) atoms. The van der Waals surface area contributed by atoms with Crippen LogP contribution in [0.5, 0.6) is 0 Å². The third kappa shape index (κ3) is 2.95. The first-order valence-electron chi connectivity index (χ1n) is 6.06. The second kappa shape index (κ2) is 5.64. The molecule has 3 unspecified atom stereocenters. The average molecular weight is 228 g/mol. The number of nitrogens with two attached hydrogens (primary N) is 1. The highest BCUT2D eigenvalue weighted by Gasteiger charge is 2.43. The number of ether oxygens (including phenoxy) is 1. The van der Waals surface area contributed by atoms with E-state index in [9.17, 15) is 4.79 Å². The highest BCUT2D eigenvalue weighted by molar-refractivity contribution is 5.83. The van der Waals surface area contributed by atoms with Gasteiger partial charge in [0.1, 0.15) is 0 Å². The zero-order valence-electron chi connectivity index (χ0n) is 10.6. The molecule has 0 spiro atoms. The third-order valence-electron chi connectivity index (χ3n) is 3.68. The van der Waals surface area contributed by atoms with E-state index < -0.39 is 0 Å². The summed E-state index contributed by atoms with van der Waals surface area (Å²) in [6, 6.07) is 0.152. The molecule has 1 rings (SSSR count).